The number of unbranched alkanes of at least 4 members (excludes halogenated alkanes) is 13. The average Bonchev–Trinajstić information content (AvgIpc) is 2.80. The number of carboxylic acids is 1. The van der Waals surface area contributed by atoms with Crippen LogP contribution in [0, 0.1) is 0 Å². The van der Waals surface area contributed by atoms with Crippen molar-refractivity contribution in [1.82, 2.24) is 0 Å². The quantitative estimate of drug-likeness (QED) is 0.0772. The zero-order chi connectivity index (χ0) is 25.5. The minimum atomic E-state index is -4.25. The van der Waals surface area contributed by atoms with Crippen LogP contribution in [0.1, 0.15) is 102 Å². The molecule has 9 heteroatoms. The second-order valence-corrected chi connectivity index (χ2v) is 9.60. The van der Waals surface area contributed by atoms with Gasteiger partial charge in [0.2, 0.25) is 0 Å². The Balaban J connectivity index is 0. The Morgan fingerprint density at radius 2 is 1.26 bits per heavy atom. The van der Waals surface area contributed by atoms with Gasteiger partial charge in [-0.3, -0.25) is 4.52 Å². The van der Waals surface area contributed by atoms with E-state index in [4.69, 9.17) is 19.6 Å². The molecule has 0 aliphatic heterocycles. The molecule has 0 aliphatic rings. The van der Waals surface area contributed by atoms with Crippen LogP contribution in [0.15, 0.2) is 30.3 Å². The standard InChI is InChI=1S/C16H35O4P.C10H10O3.K.H/c1-2-3-4-5-6-7-8-9-10-11-12-13-14-15-16-20-21(17,18)19;1-13-9-5-2-8(3-6-9)4-7-10(11)12;;/h2-16H2,1H3,(H2,17,18,19);2-7H,1H3,(H,11,12);;. The van der Waals surface area contributed by atoms with Crippen molar-refractivity contribution >= 4 is 71.3 Å². The van der Waals surface area contributed by atoms with Gasteiger partial charge in [0, 0.05) is 6.08 Å². The average molecular weight is 541 g/mol. The fourth-order valence-electron chi connectivity index (χ4n) is 3.36. The summed E-state index contributed by atoms with van der Waals surface area (Å²) in [7, 11) is -2.67. The van der Waals surface area contributed by atoms with Gasteiger partial charge in [-0.25, -0.2) is 9.36 Å². The second kappa shape index (κ2) is 25.6. The van der Waals surface area contributed by atoms with Crippen LogP contribution in [0.25, 0.3) is 6.08 Å². The molecule has 1 rings (SSSR count). The molecule has 0 spiro atoms. The Kier molecular flexibility index (Phi) is 27.2. The van der Waals surface area contributed by atoms with Crippen LogP contribution in [0.3, 0.4) is 0 Å². The minimum absolute atomic E-state index is 0. The maximum atomic E-state index is 10.4. The molecule has 0 saturated carbocycles. The molecule has 0 fully saturated rings. The molecule has 0 heterocycles. The van der Waals surface area contributed by atoms with E-state index in [1.807, 2.05) is 0 Å². The first-order chi connectivity index (χ1) is 16.3. The third-order valence-electron chi connectivity index (χ3n) is 5.29. The van der Waals surface area contributed by atoms with Crippen molar-refractivity contribution in [2.75, 3.05) is 13.7 Å². The first-order valence-electron chi connectivity index (χ1n) is 12.5. The van der Waals surface area contributed by atoms with E-state index in [-0.39, 0.29) is 58.0 Å². The normalized spacial score (nSPS) is 11.0. The van der Waals surface area contributed by atoms with Gasteiger partial charge in [-0.1, -0.05) is 103 Å². The predicted octanol–water partition coefficient (Wildman–Crippen LogP) is 6.72. The molecule has 0 unspecified atom stereocenters. The number of hydrogen-bond donors (Lipinski definition) is 3. The number of ether oxygens (including phenoxy) is 1. The summed E-state index contributed by atoms with van der Waals surface area (Å²) in [5.74, 6) is -0.191. The molecule has 3 N–H and O–H groups in total. The van der Waals surface area contributed by atoms with Gasteiger partial charge in [-0.2, -0.15) is 0 Å². The number of benzene rings is 1. The third kappa shape index (κ3) is 28.4. The molecule has 35 heavy (non-hydrogen) atoms. The topological polar surface area (TPSA) is 113 Å². The number of carboxylic acid groups (broad SMARTS) is 1. The number of phosphoric ester groups is 1. The fraction of sp³-hybridized carbons (Fsp3) is 0.654. The number of methoxy groups -OCH3 is 1. The Morgan fingerprint density at radius 1 is 0.829 bits per heavy atom. The van der Waals surface area contributed by atoms with Gasteiger partial charge < -0.3 is 19.6 Å². The van der Waals surface area contributed by atoms with E-state index >= 15 is 0 Å². The van der Waals surface area contributed by atoms with Gasteiger partial charge >= 0.3 is 65.2 Å². The molecular weight excluding hydrogens is 494 g/mol. The van der Waals surface area contributed by atoms with E-state index in [0.29, 0.717) is 0 Å². The molecule has 1 aromatic carbocycles. The van der Waals surface area contributed by atoms with E-state index < -0.39 is 13.8 Å². The summed E-state index contributed by atoms with van der Waals surface area (Å²) in [6, 6.07) is 7.14. The van der Waals surface area contributed by atoms with Gasteiger partial charge in [0.05, 0.1) is 13.7 Å². The van der Waals surface area contributed by atoms with E-state index in [2.05, 4.69) is 11.4 Å². The molecule has 0 radical (unpaired) electrons. The Morgan fingerprint density at radius 3 is 1.63 bits per heavy atom. The number of rotatable bonds is 19. The fourth-order valence-corrected chi connectivity index (χ4v) is 3.73. The summed E-state index contributed by atoms with van der Waals surface area (Å²) in [6.45, 7) is 2.42. The molecule has 0 aromatic heterocycles. The van der Waals surface area contributed by atoms with Crippen molar-refractivity contribution < 1.29 is 33.5 Å². The van der Waals surface area contributed by atoms with E-state index in [9.17, 15) is 9.36 Å². The van der Waals surface area contributed by atoms with Crippen LogP contribution in [-0.2, 0) is 13.9 Å². The SMILES string of the molecule is CCCCCCCCCCCCCCCCOP(=O)(O)O.COc1ccc(C=CC(=O)O)cc1.[KH]. The van der Waals surface area contributed by atoms with Gasteiger partial charge in [0.1, 0.15) is 5.75 Å². The van der Waals surface area contributed by atoms with Gasteiger partial charge in [0.15, 0.2) is 0 Å². The molecule has 0 amide bonds. The van der Waals surface area contributed by atoms with Crippen molar-refractivity contribution in [2.45, 2.75) is 96.8 Å². The summed E-state index contributed by atoms with van der Waals surface area (Å²) in [5.41, 5.74) is 0.836. The van der Waals surface area contributed by atoms with Crippen LogP contribution >= 0.6 is 7.82 Å². The van der Waals surface area contributed by atoms with Crippen molar-refractivity contribution in [3.63, 3.8) is 0 Å². The van der Waals surface area contributed by atoms with E-state index in [1.54, 1.807) is 31.4 Å². The molecule has 0 bridgehead atoms. The van der Waals surface area contributed by atoms with Crippen molar-refractivity contribution in [2.24, 2.45) is 0 Å². The van der Waals surface area contributed by atoms with E-state index in [1.165, 1.54) is 76.7 Å². The molecule has 1 aromatic rings. The van der Waals surface area contributed by atoms with Gasteiger partial charge in [-0.05, 0) is 30.2 Å². The predicted molar refractivity (Wildman–Crippen MR) is 145 cm³/mol. The zero-order valence-electron chi connectivity index (χ0n) is 21.0. The zero-order valence-corrected chi connectivity index (χ0v) is 21.9. The van der Waals surface area contributed by atoms with E-state index in [0.717, 1.165) is 36.7 Å². The summed E-state index contributed by atoms with van der Waals surface area (Å²) >= 11 is 0. The Bertz CT molecular complexity index is 689. The van der Waals surface area contributed by atoms with Crippen molar-refractivity contribution in [3.8, 4) is 5.75 Å². The number of hydrogen-bond acceptors (Lipinski definition) is 4. The van der Waals surface area contributed by atoms with Crippen LogP contribution < -0.4 is 4.74 Å². The second-order valence-electron chi connectivity index (χ2n) is 8.36. The monoisotopic (exact) mass is 540 g/mol. The summed E-state index contributed by atoms with van der Waals surface area (Å²) < 4.78 is 19.8. The van der Waals surface area contributed by atoms with Crippen LogP contribution in [0.5, 0.6) is 5.75 Å². The first-order valence-corrected chi connectivity index (χ1v) is 14.1. The number of aliphatic carboxylic acids is 1. The van der Waals surface area contributed by atoms with Crippen LogP contribution in [0.4, 0.5) is 0 Å². The van der Waals surface area contributed by atoms with Crippen LogP contribution in [-0.4, -0.2) is 86.0 Å². The summed E-state index contributed by atoms with van der Waals surface area (Å²) in [5, 5.41) is 8.36. The molecule has 0 aliphatic carbocycles. The van der Waals surface area contributed by atoms with Crippen LogP contribution in [0.2, 0.25) is 0 Å². The molecule has 198 valence electrons. The molecule has 7 nitrogen and oxygen atoms in total. The molecular formula is C26H46KO7P. The maximum absolute atomic E-state index is 10.4. The van der Waals surface area contributed by atoms with Gasteiger partial charge in [0.25, 0.3) is 0 Å². The summed E-state index contributed by atoms with van der Waals surface area (Å²) in [6.07, 6.45) is 20.4. The molecule has 0 saturated heterocycles. The van der Waals surface area contributed by atoms with Crippen molar-refractivity contribution in [1.29, 1.82) is 0 Å². The van der Waals surface area contributed by atoms with Gasteiger partial charge in [-0.15, -0.1) is 0 Å². The third-order valence-corrected chi connectivity index (χ3v) is 5.81. The number of phosphoric acid groups is 1. The van der Waals surface area contributed by atoms with Crippen molar-refractivity contribution in [3.05, 3.63) is 35.9 Å². The first kappa shape index (κ1) is 37.1. The molecule has 0 atom stereocenters. The Hall–Kier alpha value is -0.0236. The summed E-state index contributed by atoms with van der Waals surface area (Å²) in [4.78, 5) is 27.2. The Labute approximate surface area is 254 Å². The number of carbonyl (C=O) groups is 1.